The van der Waals surface area contributed by atoms with Crippen LogP contribution < -0.4 is 26.7 Å². The number of sulfone groups is 1. The summed E-state index contributed by atoms with van der Waals surface area (Å²) in [5, 5.41) is 28.3. The van der Waals surface area contributed by atoms with Crippen LogP contribution in [0.3, 0.4) is 0 Å². The molecule has 3 heterocycles. The predicted octanol–water partition coefficient (Wildman–Crippen LogP) is 6.28. The van der Waals surface area contributed by atoms with E-state index < -0.39 is 21.8 Å². The number of nitrogens with one attached hydrogen (secondary N) is 3. The monoisotopic (exact) mass is 876 g/mol. The predicted molar refractivity (Wildman–Crippen MR) is 241 cm³/mol. The van der Waals surface area contributed by atoms with Gasteiger partial charge in [-0.05, 0) is 105 Å². The molecule has 1 aliphatic rings. The molecule has 330 valence electrons. The third-order valence-corrected chi connectivity index (χ3v) is 13.1. The quantitative estimate of drug-likeness (QED) is 0.0525. The topological polar surface area (TPSA) is 226 Å². The van der Waals surface area contributed by atoms with Crippen LogP contribution in [-0.2, 0) is 14.6 Å². The van der Waals surface area contributed by atoms with Crippen molar-refractivity contribution in [2.75, 3.05) is 45.2 Å². The van der Waals surface area contributed by atoms with Crippen LogP contribution in [0, 0.1) is 6.92 Å². The number of aliphatic hydroxyl groups is 1. The number of anilines is 2. The summed E-state index contributed by atoms with van der Waals surface area (Å²) < 4.78 is 39.9. The highest BCUT2D eigenvalue weighted by molar-refractivity contribution is 7.91. The van der Waals surface area contributed by atoms with E-state index in [1.165, 1.54) is 49.7 Å². The van der Waals surface area contributed by atoms with Gasteiger partial charge in [-0.15, -0.1) is 0 Å². The Morgan fingerprint density at radius 2 is 1.73 bits per heavy atom. The van der Waals surface area contributed by atoms with Crippen molar-refractivity contribution in [3.8, 4) is 11.5 Å². The van der Waals surface area contributed by atoms with Gasteiger partial charge in [0.05, 0.1) is 51.4 Å². The summed E-state index contributed by atoms with van der Waals surface area (Å²) in [5.74, 6) is -0.457. The number of pyridine rings is 2. The Hall–Kier alpha value is -6.33. The lowest BCUT2D eigenvalue weighted by molar-refractivity contribution is 0.00718. The van der Waals surface area contributed by atoms with Crippen molar-refractivity contribution < 1.29 is 37.7 Å². The summed E-state index contributed by atoms with van der Waals surface area (Å²) in [6.07, 6.45) is 5.76. The van der Waals surface area contributed by atoms with Gasteiger partial charge in [0.1, 0.15) is 11.5 Å². The standard InChI is InChI=1S/C47H52N6O9S/c1-29-23-35(26-38-43(29)50-27-39(46(48)57)44(38)51-31-10-8-11-33(25-31)61-2)63(59,60)34-12-7-9-30(24-34)47(58)53-20-17-32(18-21-53)62-22-6-4-3-5-19-49-28-41(55)36-13-15-40(54)45-37(36)14-16-42(56)52-45/h7-16,23-27,32,41,49,54-55H,3-6,17-22,28H2,1-2H3,(H2,48,57)(H,50,51)(H,52,56)/t41-/m0/s1. The SMILES string of the molecule is COc1cccc(Nc2c(C(N)=O)cnc3c(C)cc(S(=O)(=O)c4cccc(C(=O)N5CCC(OCCCCCCNC[C@H](O)c6ccc(O)c7[nH]c(=O)ccc67)CC5)c4)cc23)c1. The molecule has 0 radical (unpaired) electrons. The lowest BCUT2D eigenvalue weighted by Crippen LogP contribution is -2.41. The summed E-state index contributed by atoms with van der Waals surface area (Å²) in [6, 6.07) is 22.2. The molecular weight excluding hydrogens is 825 g/mol. The molecule has 1 fully saturated rings. The van der Waals surface area contributed by atoms with Crippen LogP contribution in [-0.4, -0.2) is 91.3 Å². The number of carbonyl (C=O) groups is 2. The maximum absolute atomic E-state index is 14.2. The number of methoxy groups -OCH3 is 1. The van der Waals surface area contributed by atoms with E-state index in [1.807, 2.05) is 0 Å². The second-order valence-corrected chi connectivity index (χ2v) is 17.7. The van der Waals surface area contributed by atoms with Crippen LogP contribution in [0.1, 0.15) is 76.5 Å². The first-order valence-electron chi connectivity index (χ1n) is 21.0. The van der Waals surface area contributed by atoms with Gasteiger partial charge in [-0.25, -0.2) is 8.42 Å². The fourth-order valence-corrected chi connectivity index (χ4v) is 9.38. The number of benzene rings is 4. The molecule has 0 aliphatic carbocycles. The fourth-order valence-electron chi connectivity index (χ4n) is 7.96. The van der Waals surface area contributed by atoms with Crippen molar-refractivity contribution in [1.29, 1.82) is 0 Å². The first kappa shape index (κ1) is 44.7. The van der Waals surface area contributed by atoms with Crippen LogP contribution in [0.2, 0.25) is 0 Å². The minimum atomic E-state index is -4.14. The van der Waals surface area contributed by atoms with Crippen molar-refractivity contribution in [1.82, 2.24) is 20.2 Å². The van der Waals surface area contributed by atoms with Gasteiger partial charge < -0.3 is 45.9 Å². The number of H-pyrrole nitrogens is 1. The number of nitrogens with zero attached hydrogens (tertiary/aromatic N) is 2. The summed E-state index contributed by atoms with van der Waals surface area (Å²) >= 11 is 0. The minimum Gasteiger partial charge on any atom is -0.506 e. The van der Waals surface area contributed by atoms with E-state index in [-0.39, 0.29) is 44.2 Å². The van der Waals surface area contributed by atoms with E-state index in [0.717, 1.165) is 32.2 Å². The van der Waals surface area contributed by atoms with Crippen molar-refractivity contribution in [2.24, 2.45) is 5.73 Å². The number of rotatable bonds is 18. The number of aromatic amines is 1. The van der Waals surface area contributed by atoms with Gasteiger partial charge in [0, 0.05) is 66.6 Å². The number of ether oxygens (including phenoxy) is 2. The summed E-state index contributed by atoms with van der Waals surface area (Å²) in [6.45, 7) is 4.40. The summed E-state index contributed by atoms with van der Waals surface area (Å²) in [7, 11) is -2.60. The van der Waals surface area contributed by atoms with Crippen LogP contribution >= 0.6 is 0 Å². The number of aliphatic hydroxyl groups excluding tert-OH is 1. The molecule has 7 N–H and O–H groups in total. The highest BCUT2D eigenvalue weighted by Gasteiger charge is 2.27. The average molecular weight is 877 g/mol. The van der Waals surface area contributed by atoms with Crippen molar-refractivity contribution in [2.45, 2.75) is 67.4 Å². The molecule has 0 spiro atoms. The molecule has 4 aromatic carbocycles. The molecule has 1 atom stereocenters. The molecular formula is C47H52N6O9S. The molecule has 16 heteroatoms. The molecule has 6 aromatic rings. The normalized spacial score (nSPS) is 13.9. The highest BCUT2D eigenvalue weighted by Crippen LogP contribution is 2.35. The van der Waals surface area contributed by atoms with Gasteiger partial charge in [0.25, 0.3) is 11.8 Å². The Labute approximate surface area is 365 Å². The molecule has 0 unspecified atom stereocenters. The van der Waals surface area contributed by atoms with E-state index in [0.29, 0.717) is 89.1 Å². The molecule has 15 nitrogen and oxygen atoms in total. The van der Waals surface area contributed by atoms with Crippen molar-refractivity contribution in [3.05, 3.63) is 124 Å². The van der Waals surface area contributed by atoms with E-state index in [2.05, 4.69) is 20.6 Å². The van der Waals surface area contributed by atoms with Gasteiger partial charge in [-0.1, -0.05) is 31.0 Å². The second-order valence-electron chi connectivity index (χ2n) is 15.7. The number of unbranched alkanes of at least 4 members (excludes halogenated alkanes) is 3. The maximum atomic E-state index is 14.2. The third kappa shape index (κ3) is 10.3. The number of aromatic nitrogens is 2. The molecule has 7 rings (SSSR count). The Balaban J connectivity index is 0.888. The van der Waals surface area contributed by atoms with Gasteiger partial charge in [0.2, 0.25) is 15.4 Å². The van der Waals surface area contributed by atoms with Crippen LogP contribution in [0.5, 0.6) is 11.5 Å². The Morgan fingerprint density at radius 1 is 0.952 bits per heavy atom. The molecule has 2 aromatic heterocycles. The minimum absolute atomic E-state index is 0.0271. The van der Waals surface area contributed by atoms with Gasteiger partial charge in [-0.3, -0.25) is 19.4 Å². The lowest BCUT2D eigenvalue weighted by Gasteiger charge is -2.32. The Kier molecular flexibility index (Phi) is 14.1. The third-order valence-electron chi connectivity index (χ3n) is 11.4. The number of aryl methyl sites for hydroxylation is 1. The number of hydrogen-bond donors (Lipinski definition) is 6. The number of fused-ring (bicyclic) bond motifs is 2. The number of hydrogen-bond acceptors (Lipinski definition) is 12. The number of primary amides is 1. The number of carbonyl (C=O) groups excluding carboxylic acids is 2. The molecule has 0 saturated carbocycles. The first-order chi connectivity index (χ1) is 30.3. The summed E-state index contributed by atoms with van der Waals surface area (Å²) in [5.41, 5.74) is 8.66. The molecule has 2 amide bonds. The Bertz CT molecular complexity index is 2810. The average Bonchev–Trinajstić information content (AvgIpc) is 3.28. The van der Waals surface area contributed by atoms with Gasteiger partial charge >= 0.3 is 0 Å². The lowest BCUT2D eigenvalue weighted by atomic mass is 10.0. The number of phenols is 1. The number of aromatic hydroxyl groups is 1. The zero-order valence-electron chi connectivity index (χ0n) is 35.2. The van der Waals surface area contributed by atoms with Crippen molar-refractivity contribution >= 4 is 54.8 Å². The zero-order valence-corrected chi connectivity index (χ0v) is 36.0. The first-order valence-corrected chi connectivity index (χ1v) is 22.5. The van der Waals surface area contributed by atoms with Crippen LogP contribution in [0.4, 0.5) is 11.4 Å². The fraction of sp³-hybridized carbons (Fsp3) is 0.319. The Morgan fingerprint density at radius 3 is 2.51 bits per heavy atom. The summed E-state index contributed by atoms with van der Waals surface area (Å²) in [4.78, 5) is 46.6. The van der Waals surface area contributed by atoms with E-state index in [9.17, 15) is 33.0 Å². The van der Waals surface area contributed by atoms with E-state index in [4.69, 9.17) is 15.2 Å². The number of amides is 2. The van der Waals surface area contributed by atoms with Gasteiger partial charge in [0.15, 0.2) is 0 Å². The van der Waals surface area contributed by atoms with Gasteiger partial charge in [-0.2, -0.15) is 0 Å². The smallest absolute Gasteiger partial charge is 0.253 e. The van der Waals surface area contributed by atoms with Crippen molar-refractivity contribution in [3.63, 3.8) is 0 Å². The number of likely N-dealkylation sites (tertiary alicyclic amines) is 1. The maximum Gasteiger partial charge on any atom is 0.253 e. The molecule has 63 heavy (non-hydrogen) atoms. The van der Waals surface area contributed by atoms with E-state index in [1.54, 1.807) is 60.4 Å². The molecule has 1 aliphatic heterocycles. The van der Waals surface area contributed by atoms with Crippen LogP contribution in [0.15, 0.2) is 106 Å². The number of nitrogens with two attached hydrogens (primary N) is 1. The van der Waals surface area contributed by atoms with E-state index >= 15 is 0 Å². The number of piperidine rings is 1. The zero-order chi connectivity index (χ0) is 44.7. The highest BCUT2D eigenvalue weighted by atomic mass is 32.2. The number of phenolic OH excluding ortho intramolecular Hbond substituents is 1. The largest absolute Gasteiger partial charge is 0.506 e. The van der Waals surface area contributed by atoms with Crippen LogP contribution in [0.25, 0.3) is 21.8 Å². The molecule has 1 saturated heterocycles. The second kappa shape index (κ2) is 19.8. The molecule has 0 bridgehead atoms.